The van der Waals surface area contributed by atoms with Crippen molar-refractivity contribution in [2.45, 2.75) is 17.9 Å². The number of carbonyl (C=O) groups is 1. The molecule has 1 aliphatic rings. The van der Waals surface area contributed by atoms with Crippen LogP contribution in [0.25, 0.3) is 0 Å². The average Bonchev–Trinajstić information content (AvgIpc) is 2.59. The van der Waals surface area contributed by atoms with E-state index in [1.807, 2.05) is 0 Å². The molecule has 0 saturated carbocycles. The molecule has 0 N–H and O–H groups in total. The van der Waals surface area contributed by atoms with Crippen LogP contribution in [0.1, 0.15) is 6.92 Å². The topological polar surface area (TPSA) is 110 Å². The monoisotopic (exact) mass is 371 g/mol. The molecule has 1 heterocycles. The number of methoxy groups -OCH3 is 1. The van der Waals surface area contributed by atoms with Crippen LogP contribution in [0.4, 0.5) is 11.4 Å². The molecule has 1 saturated heterocycles. The van der Waals surface area contributed by atoms with Gasteiger partial charge in [-0.25, -0.2) is 8.42 Å². The Morgan fingerprint density at radius 1 is 1.28 bits per heavy atom. The minimum atomic E-state index is -3.53. The highest BCUT2D eigenvalue weighted by Crippen LogP contribution is 2.31. The number of amides is 1. The Morgan fingerprint density at radius 3 is 2.36 bits per heavy atom. The molecular formula is C15H21N3O6S. The molecule has 0 radical (unpaired) electrons. The largest absolute Gasteiger partial charge is 0.372 e. The first-order valence-corrected chi connectivity index (χ1v) is 9.59. The maximum Gasteiger partial charge on any atom is 0.293 e. The predicted molar refractivity (Wildman–Crippen MR) is 91.5 cm³/mol. The molecule has 1 aromatic rings. The van der Waals surface area contributed by atoms with Crippen molar-refractivity contribution in [2.24, 2.45) is 0 Å². The molecule has 0 bridgehead atoms. The summed E-state index contributed by atoms with van der Waals surface area (Å²) in [6, 6.07) is 3.89. The van der Waals surface area contributed by atoms with E-state index >= 15 is 0 Å². The minimum absolute atomic E-state index is 0.0920. The SMILES string of the molecule is COC(C)C(=O)N1CCN(c2ccc(S(C)(=O)=O)cc2[N+](=O)[O-])CC1. The number of nitro benzene ring substituents is 1. The van der Waals surface area contributed by atoms with Crippen LogP contribution in [-0.4, -0.2) is 69.8 Å². The van der Waals surface area contributed by atoms with Gasteiger partial charge in [0.25, 0.3) is 11.6 Å². The van der Waals surface area contributed by atoms with E-state index < -0.39 is 20.9 Å². The van der Waals surface area contributed by atoms with Crippen LogP contribution >= 0.6 is 0 Å². The molecule has 10 heteroatoms. The lowest BCUT2D eigenvalue weighted by Gasteiger charge is -2.36. The first kappa shape index (κ1) is 19.1. The summed E-state index contributed by atoms with van der Waals surface area (Å²) in [4.78, 5) is 26.2. The van der Waals surface area contributed by atoms with Gasteiger partial charge in [-0.15, -0.1) is 0 Å². The van der Waals surface area contributed by atoms with E-state index in [-0.39, 0.29) is 16.5 Å². The van der Waals surface area contributed by atoms with Crippen molar-refractivity contribution in [1.29, 1.82) is 0 Å². The zero-order valence-electron chi connectivity index (χ0n) is 14.3. The van der Waals surface area contributed by atoms with Crippen LogP contribution in [-0.2, 0) is 19.4 Å². The molecule has 25 heavy (non-hydrogen) atoms. The van der Waals surface area contributed by atoms with Crippen molar-refractivity contribution < 1.29 is 22.9 Å². The highest BCUT2D eigenvalue weighted by molar-refractivity contribution is 7.90. The standard InChI is InChI=1S/C15H21N3O6S/c1-11(24-2)15(19)17-8-6-16(7-9-17)13-5-4-12(25(3,22)23)10-14(13)18(20)21/h4-5,10-11H,6-9H2,1-3H3. The van der Waals surface area contributed by atoms with Crippen molar-refractivity contribution >= 4 is 27.1 Å². The quantitative estimate of drug-likeness (QED) is 0.553. The van der Waals surface area contributed by atoms with Gasteiger partial charge < -0.3 is 14.5 Å². The molecule has 0 aromatic heterocycles. The number of benzene rings is 1. The smallest absolute Gasteiger partial charge is 0.293 e. The van der Waals surface area contributed by atoms with Gasteiger partial charge in [-0.05, 0) is 19.1 Å². The van der Waals surface area contributed by atoms with E-state index in [0.717, 1.165) is 12.3 Å². The molecule has 138 valence electrons. The summed E-state index contributed by atoms with van der Waals surface area (Å²) >= 11 is 0. The first-order valence-electron chi connectivity index (χ1n) is 7.70. The third-order valence-corrected chi connectivity index (χ3v) is 5.32. The van der Waals surface area contributed by atoms with E-state index in [0.29, 0.717) is 31.9 Å². The Balaban J connectivity index is 2.21. The van der Waals surface area contributed by atoms with Gasteiger partial charge in [0.05, 0.1) is 9.82 Å². The van der Waals surface area contributed by atoms with E-state index in [1.165, 1.54) is 19.2 Å². The van der Waals surface area contributed by atoms with E-state index in [9.17, 15) is 23.3 Å². The number of carbonyl (C=O) groups excluding carboxylic acids is 1. The minimum Gasteiger partial charge on any atom is -0.372 e. The molecular weight excluding hydrogens is 350 g/mol. The number of nitro groups is 1. The van der Waals surface area contributed by atoms with E-state index in [1.54, 1.807) is 16.7 Å². The van der Waals surface area contributed by atoms with Crippen molar-refractivity contribution in [2.75, 3.05) is 44.4 Å². The normalized spacial score (nSPS) is 16.6. The van der Waals surface area contributed by atoms with E-state index in [4.69, 9.17) is 4.74 Å². The number of anilines is 1. The molecule has 0 spiro atoms. The predicted octanol–water partition coefficient (Wildman–Crippen LogP) is 0.682. The zero-order chi connectivity index (χ0) is 18.8. The fourth-order valence-electron chi connectivity index (χ4n) is 2.67. The number of hydrogen-bond donors (Lipinski definition) is 0. The number of hydrogen-bond acceptors (Lipinski definition) is 7. The molecule has 1 fully saturated rings. The van der Waals surface area contributed by atoms with Gasteiger partial charge in [0.15, 0.2) is 9.84 Å². The maximum absolute atomic E-state index is 12.1. The van der Waals surface area contributed by atoms with Crippen LogP contribution in [0.15, 0.2) is 23.1 Å². The van der Waals surface area contributed by atoms with Gasteiger partial charge in [-0.1, -0.05) is 0 Å². The number of ether oxygens (including phenoxy) is 1. The second-order valence-corrected chi connectivity index (χ2v) is 7.89. The molecule has 1 aliphatic heterocycles. The summed E-state index contributed by atoms with van der Waals surface area (Å²) in [5.41, 5.74) is 0.0947. The van der Waals surface area contributed by atoms with Crippen molar-refractivity contribution in [3.05, 3.63) is 28.3 Å². The van der Waals surface area contributed by atoms with Crippen LogP contribution < -0.4 is 4.90 Å². The summed E-state index contributed by atoms with van der Waals surface area (Å²) < 4.78 is 28.2. The molecule has 0 aliphatic carbocycles. The molecule has 9 nitrogen and oxygen atoms in total. The highest BCUT2D eigenvalue weighted by Gasteiger charge is 2.28. The number of rotatable bonds is 5. The lowest BCUT2D eigenvalue weighted by atomic mass is 10.2. The Labute approximate surface area is 146 Å². The van der Waals surface area contributed by atoms with Crippen LogP contribution in [0, 0.1) is 10.1 Å². The third-order valence-electron chi connectivity index (χ3n) is 4.21. The van der Waals surface area contributed by atoms with Gasteiger partial charge in [-0.2, -0.15) is 0 Å². The van der Waals surface area contributed by atoms with Gasteiger partial charge in [-0.3, -0.25) is 14.9 Å². The van der Waals surface area contributed by atoms with Crippen LogP contribution in [0.5, 0.6) is 0 Å². The van der Waals surface area contributed by atoms with Gasteiger partial charge in [0.2, 0.25) is 0 Å². The molecule has 1 aromatic carbocycles. The maximum atomic E-state index is 12.1. The summed E-state index contributed by atoms with van der Waals surface area (Å²) in [6.45, 7) is 3.33. The van der Waals surface area contributed by atoms with Crippen LogP contribution in [0.2, 0.25) is 0 Å². The third kappa shape index (κ3) is 4.26. The van der Waals surface area contributed by atoms with Crippen molar-refractivity contribution in [3.8, 4) is 0 Å². The Hall–Kier alpha value is -2.20. The van der Waals surface area contributed by atoms with Crippen molar-refractivity contribution in [1.82, 2.24) is 4.90 Å². The van der Waals surface area contributed by atoms with E-state index in [2.05, 4.69) is 0 Å². The number of piperazine rings is 1. The lowest BCUT2D eigenvalue weighted by Crippen LogP contribution is -2.51. The van der Waals surface area contributed by atoms with Gasteiger partial charge in [0.1, 0.15) is 11.8 Å². The fourth-order valence-corrected chi connectivity index (χ4v) is 3.31. The second-order valence-electron chi connectivity index (χ2n) is 5.87. The van der Waals surface area contributed by atoms with Crippen LogP contribution in [0.3, 0.4) is 0 Å². The highest BCUT2D eigenvalue weighted by atomic mass is 32.2. The van der Waals surface area contributed by atoms with Crippen molar-refractivity contribution in [3.63, 3.8) is 0 Å². The Kier molecular flexibility index (Phi) is 5.63. The summed E-state index contributed by atoms with van der Waals surface area (Å²) in [6.07, 6.45) is 0.475. The van der Waals surface area contributed by atoms with Gasteiger partial charge >= 0.3 is 0 Å². The molecule has 2 rings (SSSR count). The molecule has 1 amide bonds. The summed E-state index contributed by atoms with van der Waals surface area (Å²) in [5.74, 6) is -0.121. The summed E-state index contributed by atoms with van der Waals surface area (Å²) in [7, 11) is -2.06. The Morgan fingerprint density at radius 2 is 1.88 bits per heavy atom. The van der Waals surface area contributed by atoms with Gasteiger partial charge in [0, 0.05) is 45.6 Å². The Bertz CT molecular complexity index is 771. The number of nitrogens with zero attached hydrogens (tertiary/aromatic N) is 3. The summed E-state index contributed by atoms with van der Waals surface area (Å²) in [5, 5.41) is 11.3. The second kappa shape index (κ2) is 7.36. The lowest BCUT2D eigenvalue weighted by molar-refractivity contribution is -0.384. The zero-order valence-corrected chi connectivity index (χ0v) is 15.2. The number of sulfone groups is 1. The fraction of sp³-hybridized carbons (Fsp3) is 0.533. The average molecular weight is 371 g/mol. The molecule has 1 atom stereocenters. The first-order chi connectivity index (χ1) is 11.6. The molecule has 1 unspecified atom stereocenters.